The molecule has 4 aromatic rings. The van der Waals surface area contributed by atoms with Crippen LogP contribution in [-0.2, 0) is 13.1 Å². The summed E-state index contributed by atoms with van der Waals surface area (Å²) in [6.45, 7) is 2.36. The maximum Gasteiger partial charge on any atom is 0.322 e. The quantitative estimate of drug-likeness (QED) is 0.421. The normalized spacial score (nSPS) is 10.8. The third-order valence-corrected chi connectivity index (χ3v) is 5.18. The van der Waals surface area contributed by atoms with Crippen molar-refractivity contribution in [1.29, 1.82) is 0 Å². The molecule has 3 aromatic carbocycles. The lowest BCUT2D eigenvalue weighted by Crippen LogP contribution is -2.35. The first-order valence-electron chi connectivity index (χ1n) is 9.86. The maximum atomic E-state index is 13.1. The molecule has 1 heterocycles. The van der Waals surface area contributed by atoms with Gasteiger partial charge in [0.2, 0.25) is 0 Å². The minimum absolute atomic E-state index is 0.105. The van der Waals surface area contributed by atoms with E-state index in [9.17, 15) is 9.59 Å². The van der Waals surface area contributed by atoms with Crippen molar-refractivity contribution in [2.45, 2.75) is 20.0 Å². The number of urea groups is 1. The monoisotopic (exact) mass is 432 g/mol. The summed E-state index contributed by atoms with van der Waals surface area (Å²) >= 11 is 6.04. The van der Waals surface area contributed by atoms with Crippen LogP contribution in [0.1, 0.15) is 16.7 Å². The number of fused-ring (bicyclic) bond motifs is 1. The van der Waals surface area contributed by atoms with E-state index in [1.165, 1.54) is 6.26 Å². The molecule has 0 fully saturated rings. The molecular weight excluding hydrogens is 412 g/mol. The number of halogens is 1. The zero-order chi connectivity index (χ0) is 21.8. The molecule has 6 heteroatoms. The number of carbonyl (C=O) groups is 1. The summed E-state index contributed by atoms with van der Waals surface area (Å²) in [7, 11) is 0. The van der Waals surface area contributed by atoms with Crippen molar-refractivity contribution >= 4 is 34.3 Å². The van der Waals surface area contributed by atoms with Crippen LogP contribution in [0.5, 0.6) is 0 Å². The van der Waals surface area contributed by atoms with Gasteiger partial charge >= 0.3 is 6.03 Å². The Balaban J connectivity index is 1.65. The maximum absolute atomic E-state index is 13.1. The molecule has 1 aromatic heterocycles. The Morgan fingerprint density at radius 1 is 1.00 bits per heavy atom. The van der Waals surface area contributed by atoms with Crippen molar-refractivity contribution in [2.75, 3.05) is 5.32 Å². The summed E-state index contributed by atoms with van der Waals surface area (Å²) in [5.74, 6) is 0. The summed E-state index contributed by atoms with van der Waals surface area (Å²) in [5, 5.41) is 3.89. The predicted octanol–water partition coefficient (Wildman–Crippen LogP) is 5.99. The first-order chi connectivity index (χ1) is 15.0. The van der Waals surface area contributed by atoms with Gasteiger partial charge in [-0.25, -0.2) is 4.79 Å². The molecule has 0 saturated carbocycles. The Labute approximate surface area is 184 Å². The third-order valence-electron chi connectivity index (χ3n) is 4.94. The van der Waals surface area contributed by atoms with Gasteiger partial charge in [0.1, 0.15) is 5.58 Å². The molecule has 0 aliphatic carbocycles. The van der Waals surface area contributed by atoms with E-state index in [0.717, 1.165) is 11.1 Å². The van der Waals surface area contributed by atoms with Gasteiger partial charge in [-0.3, -0.25) is 4.79 Å². The number of amides is 2. The van der Waals surface area contributed by atoms with Crippen LogP contribution in [0.15, 0.2) is 88.3 Å². The molecule has 5 nitrogen and oxygen atoms in total. The fraction of sp³-hybridized carbons (Fsp3) is 0.120. The van der Waals surface area contributed by atoms with Gasteiger partial charge in [-0.05, 0) is 42.8 Å². The Hall–Kier alpha value is -3.57. The van der Waals surface area contributed by atoms with E-state index in [1.807, 2.05) is 43.3 Å². The molecule has 4 rings (SSSR count). The Morgan fingerprint density at radius 3 is 2.58 bits per heavy atom. The van der Waals surface area contributed by atoms with Crippen molar-refractivity contribution in [2.24, 2.45) is 0 Å². The van der Waals surface area contributed by atoms with E-state index in [4.69, 9.17) is 16.0 Å². The molecule has 156 valence electrons. The van der Waals surface area contributed by atoms with Crippen molar-refractivity contribution in [3.05, 3.63) is 111 Å². The molecule has 0 saturated heterocycles. The molecule has 31 heavy (non-hydrogen) atoms. The van der Waals surface area contributed by atoms with Crippen molar-refractivity contribution in [3.8, 4) is 0 Å². The minimum Gasteiger partial charge on any atom is -0.464 e. The highest BCUT2D eigenvalue weighted by molar-refractivity contribution is 6.30. The van der Waals surface area contributed by atoms with Crippen LogP contribution in [-0.4, -0.2) is 10.9 Å². The van der Waals surface area contributed by atoms with E-state index in [0.29, 0.717) is 33.8 Å². The summed E-state index contributed by atoms with van der Waals surface area (Å²) in [5.41, 5.74) is 3.30. The summed E-state index contributed by atoms with van der Waals surface area (Å²) in [6, 6.07) is 21.7. The first-order valence-corrected chi connectivity index (χ1v) is 10.2. The van der Waals surface area contributed by atoms with Crippen LogP contribution < -0.4 is 10.7 Å². The smallest absolute Gasteiger partial charge is 0.322 e. The Bertz CT molecular complexity index is 1280. The standard InChI is InChI=1S/C25H21ClN2O3/c1-17-10-11-23-22(12-17)24(29)19(16-31-23)15-28(14-18-6-3-2-4-7-18)25(30)27-21-9-5-8-20(26)13-21/h2-13,16H,14-15H2,1H3,(H,27,30). The number of hydrogen-bond acceptors (Lipinski definition) is 3. The lowest BCUT2D eigenvalue weighted by molar-refractivity contribution is 0.206. The van der Waals surface area contributed by atoms with Crippen LogP contribution >= 0.6 is 11.6 Å². The predicted molar refractivity (Wildman–Crippen MR) is 123 cm³/mol. The van der Waals surface area contributed by atoms with Gasteiger partial charge in [-0.2, -0.15) is 0 Å². The van der Waals surface area contributed by atoms with Gasteiger partial charge in [0.15, 0.2) is 5.43 Å². The fourth-order valence-corrected chi connectivity index (χ4v) is 3.56. The highest BCUT2D eigenvalue weighted by Crippen LogP contribution is 2.18. The first kappa shape index (κ1) is 20.7. The average molecular weight is 433 g/mol. The Kier molecular flexibility index (Phi) is 6.05. The van der Waals surface area contributed by atoms with Gasteiger partial charge in [-0.15, -0.1) is 0 Å². The second-order valence-electron chi connectivity index (χ2n) is 7.37. The number of rotatable bonds is 5. The summed E-state index contributed by atoms with van der Waals surface area (Å²) in [4.78, 5) is 27.7. The lowest BCUT2D eigenvalue weighted by atomic mass is 10.1. The van der Waals surface area contributed by atoms with Crippen molar-refractivity contribution in [3.63, 3.8) is 0 Å². The van der Waals surface area contributed by atoms with Gasteiger partial charge in [0.25, 0.3) is 0 Å². The molecule has 0 radical (unpaired) electrons. The number of benzene rings is 3. The number of carbonyl (C=O) groups excluding carboxylic acids is 1. The van der Waals surface area contributed by atoms with Crippen LogP contribution in [0.3, 0.4) is 0 Å². The number of aryl methyl sites for hydroxylation is 1. The van der Waals surface area contributed by atoms with Gasteiger partial charge < -0.3 is 14.6 Å². The molecule has 1 N–H and O–H groups in total. The van der Waals surface area contributed by atoms with Crippen molar-refractivity contribution < 1.29 is 9.21 Å². The van der Waals surface area contributed by atoms with Gasteiger partial charge in [-0.1, -0.05) is 59.6 Å². The highest BCUT2D eigenvalue weighted by Gasteiger charge is 2.18. The van der Waals surface area contributed by atoms with E-state index in [1.54, 1.807) is 41.3 Å². The molecule has 0 aliphatic heterocycles. The topological polar surface area (TPSA) is 62.6 Å². The highest BCUT2D eigenvalue weighted by atomic mass is 35.5. The lowest BCUT2D eigenvalue weighted by Gasteiger charge is -2.23. The molecule has 0 unspecified atom stereocenters. The molecular formula is C25H21ClN2O3. The van der Waals surface area contributed by atoms with Gasteiger partial charge in [0.05, 0.1) is 23.8 Å². The SMILES string of the molecule is Cc1ccc2occ(CN(Cc3ccccc3)C(=O)Nc3cccc(Cl)c3)c(=O)c2c1. The third kappa shape index (κ3) is 4.95. The fourth-order valence-electron chi connectivity index (χ4n) is 3.37. The van der Waals surface area contributed by atoms with Gasteiger partial charge in [0, 0.05) is 17.3 Å². The number of nitrogens with zero attached hydrogens (tertiary/aromatic N) is 1. The van der Waals surface area contributed by atoms with E-state index < -0.39 is 0 Å². The van der Waals surface area contributed by atoms with E-state index in [2.05, 4.69) is 5.32 Å². The molecule has 2 amide bonds. The molecule has 0 spiro atoms. The molecule has 0 aliphatic rings. The summed E-state index contributed by atoms with van der Waals surface area (Å²) < 4.78 is 5.67. The number of nitrogens with one attached hydrogen (secondary N) is 1. The largest absolute Gasteiger partial charge is 0.464 e. The van der Waals surface area contributed by atoms with Crippen LogP contribution in [0.25, 0.3) is 11.0 Å². The second-order valence-corrected chi connectivity index (χ2v) is 7.81. The van der Waals surface area contributed by atoms with Crippen LogP contribution in [0.4, 0.5) is 10.5 Å². The molecule has 0 bridgehead atoms. The summed E-state index contributed by atoms with van der Waals surface area (Å²) in [6.07, 6.45) is 1.44. The molecule has 0 atom stereocenters. The second kappa shape index (κ2) is 9.06. The zero-order valence-corrected chi connectivity index (χ0v) is 17.7. The van der Waals surface area contributed by atoms with E-state index >= 15 is 0 Å². The number of anilines is 1. The van der Waals surface area contributed by atoms with Crippen LogP contribution in [0, 0.1) is 6.92 Å². The van der Waals surface area contributed by atoms with E-state index in [-0.39, 0.29) is 18.0 Å². The number of hydrogen-bond donors (Lipinski definition) is 1. The van der Waals surface area contributed by atoms with Crippen LogP contribution in [0.2, 0.25) is 5.02 Å². The average Bonchev–Trinajstić information content (AvgIpc) is 2.76. The Morgan fingerprint density at radius 2 is 1.81 bits per heavy atom. The minimum atomic E-state index is -0.338. The van der Waals surface area contributed by atoms with Crippen molar-refractivity contribution in [1.82, 2.24) is 4.90 Å². The zero-order valence-electron chi connectivity index (χ0n) is 17.0.